The maximum Gasteiger partial charge on any atom is 0.162 e. The molecule has 3 aliphatic carbocycles. The first-order valence-electron chi connectivity index (χ1n) is 13.7. The van der Waals surface area contributed by atoms with Gasteiger partial charge in [-0.05, 0) is 76.3 Å². The third-order valence-electron chi connectivity index (χ3n) is 10.6. The third-order valence-corrected chi connectivity index (χ3v) is 10.6. The molecule has 1 heterocycles. The lowest BCUT2D eigenvalue weighted by Crippen LogP contribution is -2.30. The number of Topliss-reactive ketones (excluding diaryl/α,β-unsaturated/α-hetero) is 1. The molecule has 3 aromatic carbocycles. The van der Waals surface area contributed by atoms with Crippen molar-refractivity contribution in [1.29, 1.82) is 0 Å². The number of rotatable bonds is 2. The average molecular weight is 474 g/mol. The van der Waals surface area contributed by atoms with Gasteiger partial charge < -0.3 is 5.32 Å². The summed E-state index contributed by atoms with van der Waals surface area (Å²) in [6, 6.07) is 23.7. The van der Waals surface area contributed by atoms with E-state index in [-0.39, 0.29) is 17.3 Å². The molecule has 2 saturated carbocycles. The van der Waals surface area contributed by atoms with Crippen LogP contribution in [-0.2, 0) is 4.79 Å². The molecule has 0 aromatic heterocycles. The van der Waals surface area contributed by atoms with Crippen LogP contribution in [0.4, 0.5) is 5.69 Å². The van der Waals surface area contributed by atoms with E-state index in [1.807, 2.05) is 0 Å². The summed E-state index contributed by atoms with van der Waals surface area (Å²) in [4.78, 5) is 14.0. The lowest BCUT2D eigenvalue weighted by molar-refractivity contribution is -0.116. The summed E-state index contributed by atoms with van der Waals surface area (Å²) in [5.74, 6) is 1.32. The van der Waals surface area contributed by atoms with Gasteiger partial charge in [-0.15, -0.1) is 0 Å². The second-order valence-electron chi connectivity index (χ2n) is 12.4. The Morgan fingerprint density at radius 3 is 2.42 bits per heavy atom. The Morgan fingerprint density at radius 2 is 1.67 bits per heavy atom. The van der Waals surface area contributed by atoms with Crippen LogP contribution in [0.5, 0.6) is 0 Å². The Morgan fingerprint density at radius 1 is 0.889 bits per heavy atom. The van der Waals surface area contributed by atoms with Gasteiger partial charge >= 0.3 is 0 Å². The minimum Gasteiger partial charge on any atom is -0.358 e. The minimum absolute atomic E-state index is 0.0218. The van der Waals surface area contributed by atoms with Crippen molar-refractivity contribution < 1.29 is 4.79 Å². The number of hydrogen-bond acceptors (Lipinski definition) is 2. The van der Waals surface area contributed by atoms with Crippen molar-refractivity contribution in [3.05, 3.63) is 101 Å². The van der Waals surface area contributed by atoms with Crippen molar-refractivity contribution in [2.24, 2.45) is 16.7 Å². The molecule has 1 aliphatic heterocycles. The van der Waals surface area contributed by atoms with E-state index in [2.05, 4.69) is 98.9 Å². The van der Waals surface area contributed by atoms with E-state index in [9.17, 15) is 4.79 Å². The van der Waals surface area contributed by atoms with E-state index in [1.54, 1.807) is 5.57 Å². The first-order chi connectivity index (χ1) is 17.4. The summed E-state index contributed by atoms with van der Waals surface area (Å²) in [7, 11) is 0. The fraction of sp³-hybridized carbons (Fsp3) is 0.382. The highest BCUT2D eigenvalue weighted by atomic mass is 16.1. The second-order valence-corrected chi connectivity index (χ2v) is 12.4. The number of fused-ring (bicyclic) bond motifs is 5. The van der Waals surface area contributed by atoms with Crippen molar-refractivity contribution in [3.8, 4) is 0 Å². The molecule has 7 rings (SSSR count). The Hall–Kier alpha value is -3.13. The Balaban J connectivity index is 1.41. The normalized spacial score (nSPS) is 31.5. The van der Waals surface area contributed by atoms with E-state index in [4.69, 9.17) is 0 Å². The molecule has 2 bridgehead atoms. The van der Waals surface area contributed by atoms with Crippen LogP contribution in [0.2, 0.25) is 0 Å². The molecule has 2 unspecified atom stereocenters. The minimum atomic E-state index is 0.0218. The van der Waals surface area contributed by atoms with Gasteiger partial charge in [-0.1, -0.05) is 93.1 Å². The molecule has 4 aliphatic rings. The lowest BCUT2D eigenvalue weighted by atomic mass is 9.67. The summed E-state index contributed by atoms with van der Waals surface area (Å²) in [5.41, 5.74) is 8.00. The van der Waals surface area contributed by atoms with Crippen molar-refractivity contribution in [2.75, 3.05) is 5.32 Å². The largest absolute Gasteiger partial charge is 0.358 e. The standard InChI is InChI=1S/C34H35NO/c1-33(2)24-15-16-34(33,3)25(19-24)20-27-31-26-12-8-7-11-22(26)13-14-28(31)35-29-17-23(18-30(36)32(27)29)21-9-5-4-6-10-21/h4-14,20,23-24,27,35H,15-19H2,1-3H3/t23-,24?,27+,34?/m0/s1. The molecule has 36 heavy (non-hydrogen) atoms. The molecule has 2 nitrogen and oxygen atoms in total. The first-order valence-corrected chi connectivity index (χ1v) is 13.7. The van der Waals surface area contributed by atoms with Gasteiger partial charge in [0.2, 0.25) is 0 Å². The maximum absolute atomic E-state index is 14.0. The summed E-state index contributed by atoms with van der Waals surface area (Å²) < 4.78 is 0. The summed E-state index contributed by atoms with van der Waals surface area (Å²) in [5, 5.41) is 6.28. The number of nitrogens with one attached hydrogen (secondary N) is 1. The van der Waals surface area contributed by atoms with Gasteiger partial charge in [-0.3, -0.25) is 4.79 Å². The fourth-order valence-electron chi connectivity index (χ4n) is 8.06. The van der Waals surface area contributed by atoms with Gasteiger partial charge in [0.1, 0.15) is 0 Å². The van der Waals surface area contributed by atoms with Crippen LogP contribution < -0.4 is 5.32 Å². The SMILES string of the molecule is CC12CCC(CC1=C[C@H]1C3=C(C[C@H](c4ccccc4)CC3=O)Nc3ccc4ccccc4c31)C2(C)C. The summed E-state index contributed by atoms with van der Waals surface area (Å²) in [6.07, 6.45) is 7.80. The Bertz CT molecular complexity index is 1460. The van der Waals surface area contributed by atoms with E-state index in [0.717, 1.165) is 23.6 Å². The van der Waals surface area contributed by atoms with Crippen LogP contribution >= 0.6 is 0 Å². The Kier molecular flexibility index (Phi) is 4.72. The number of carbonyl (C=O) groups excluding carboxylic acids is 1. The number of benzene rings is 3. The number of allylic oxidation sites excluding steroid dienone is 4. The van der Waals surface area contributed by atoms with Crippen molar-refractivity contribution in [3.63, 3.8) is 0 Å². The fourth-order valence-corrected chi connectivity index (χ4v) is 8.06. The lowest BCUT2D eigenvalue weighted by Gasteiger charge is -2.39. The third kappa shape index (κ3) is 3.00. The highest BCUT2D eigenvalue weighted by Gasteiger charge is 2.58. The molecule has 2 heteroatoms. The van der Waals surface area contributed by atoms with E-state index in [0.29, 0.717) is 17.6 Å². The number of hydrogen-bond donors (Lipinski definition) is 1. The van der Waals surface area contributed by atoms with Crippen molar-refractivity contribution >= 4 is 22.2 Å². The first kappa shape index (κ1) is 22.1. The molecule has 0 saturated heterocycles. The van der Waals surface area contributed by atoms with Crippen LogP contribution in [0.1, 0.15) is 75.8 Å². The smallest absolute Gasteiger partial charge is 0.162 e. The molecule has 0 radical (unpaired) electrons. The average Bonchev–Trinajstić information content (AvgIpc) is 3.22. The van der Waals surface area contributed by atoms with Gasteiger partial charge in [0, 0.05) is 29.3 Å². The van der Waals surface area contributed by atoms with Crippen LogP contribution in [-0.4, -0.2) is 5.78 Å². The van der Waals surface area contributed by atoms with Gasteiger partial charge in [0.25, 0.3) is 0 Å². The molecular formula is C34H35NO. The van der Waals surface area contributed by atoms with Crippen molar-refractivity contribution in [1.82, 2.24) is 0 Å². The quantitative estimate of drug-likeness (QED) is 0.378. The number of carbonyl (C=O) groups is 1. The number of ketones is 1. The van der Waals surface area contributed by atoms with Gasteiger partial charge in [-0.2, -0.15) is 0 Å². The predicted octanol–water partition coefficient (Wildman–Crippen LogP) is 8.52. The molecule has 182 valence electrons. The zero-order valence-electron chi connectivity index (χ0n) is 21.6. The molecule has 1 N–H and O–H groups in total. The zero-order valence-corrected chi connectivity index (χ0v) is 21.6. The van der Waals surface area contributed by atoms with Crippen LogP contribution in [0, 0.1) is 16.7 Å². The van der Waals surface area contributed by atoms with Crippen LogP contribution in [0.3, 0.4) is 0 Å². The Labute approximate surface area is 214 Å². The molecule has 2 fully saturated rings. The van der Waals surface area contributed by atoms with E-state index < -0.39 is 0 Å². The highest BCUT2D eigenvalue weighted by molar-refractivity contribution is 6.04. The maximum atomic E-state index is 14.0. The predicted molar refractivity (Wildman–Crippen MR) is 148 cm³/mol. The second kappa shape index (κ2) is 7.68. The molecule has 0 amide bonds. The van der Waals surface area contributed by atoms with Gasteiger partial charge in [-0.25, -0.2) is 0 Å². The van der Waals surface area contributed by atoms with Crippen LogP contribution in [0.25, 0.3) is 10.8 Å². The number of anilines is 1. The van der Waals surface area contributed by atoms with Gasteiger partial charge in [0.05, 0.1) is 0 Å². The van der Waals surface area contributed by atoms with Crippen molar-refractivity contribution in [2.45, 2.75) is 64.7 Å². The molecule has 0 spiro atoms. The van der Waals surface area contributed by atoms with Gasteiger partial charge in [0.15, 0.2) is 5.78 Å². The summed E-state index contributed by atoms with van der Waals surface area (Å²) in [6.45, 7) is 7.43. The summed E-state index contributed by atoms with van der Waals surface area (Å²) >= 11 is 0. The monoisotopic (exact) mass is 473 g/mol. The zero-order chi connectivity index (χ0) is 24.7. The molecule has 3 aromatic rings. The molecule has 4 atom stereocenters. The topological polar surface area (TPSA) is 29.1 Å². The highest BCUT2D eigenvalue weighted by Crippen LogP contribution is 2.68. The van der Waals surface area contributed by atoms with Crippen LogP contribution in [0.15, 0.2) is 89.6 Å². The van der Waals surface area contributed by atoms with E-state index >= 15 is 0 Å². The van der Waals surface area contributed by atoms with E-state index in [1.165, 1.54) is 46.8 Å². The molecular weight excluding hydrogens is 438 g/mol.